The largest absolute Gasteiger partial charge is 0.309 e. The molecule has 10 aromatic rings. The van der Waals surface area contributed by atoms with E-state index >= 15 is 0 Å². The monoisotopic (exact) mass is 523 g/mol. The molecule has 2 aromatic heterocycles. The normalized spacial score (nSPS) is 12.5. The van der Waals surface area contributed by atoms with E-state index < -0.39 is 0 Å². The molecular formula is C38H21NS. The Bertz CT molecular complexity index is 2630. The summed E-state index contributed by atoms with van der Waals surface area (Å²) in [5.74, 6) is 0. The number of aromatic nitrogens is 1. The molecule has 0 radical (unpaired) electrons. The highest BCUT2D eigenvalue weighted by Gasteiger charge is 2.18. The zero-order chi connectivity index (χ0) is 25.9. The molecule has 0 N–H and O–H groups in total. The fraction of sp³-hybridized carbons (Fsp3) is 0. The third kappa shape index (κ3) is 2.57. The molecule has 0 aliphatic carbocycles. The Morgan fingerprint density at radius 2 is 1.10 bits per heavy atom. The van der Waals surface area contributed by atoms with Crippen LogP contribution in [0, 0.1) is 0 Å². The lowest BCUT2D eigenvalue weighted by Crippen LogP contribution is -1.96. The number of nitrogens with zero attached hydrogens (tertiary/aromatic N) is 1. The molecule has 0 saturated heterocycles. The van der Waals surface area contributed by atoms with Gasteiger partial charge in [-0.05, 0) is 74.1 Å². The third-order valence-corrected chi connectivity index (χ3v) is 10.0. The van der Waals surface area contributed by atoms with Crippen molar-refractivity contribution in [2.45, 2.75) is 0 Å². The zero-order valence-electron chi connectivity index (χ0n) is 21.5. The molecule has 0 saturated carbocycles. The lowest BCUT2D eigenvalue weighted by Gasteiger charge is -2.16. The zero-order valence-corrected chi connectivity index (χ0v) is 22.3. The molecule has 8 aromatic carbocycles. The van der Waals surface area contributed by atoms with Gasteiger partial charge in [0.2, 0.25) is 0 Å². The van der Waals surface area contributed by atoms with Crippen molar-refractivity contribution in [2.24, 2.45) is 0 Å². The first kappa shape index (κ1) is 21.0. The van der Waals surface area contributed by atoms with Gasteiger partial charge in [-0.15, -0.1) is 11.3 Å². The molecule has 10 rings (SSSR count). The second-order valence-corrected chi connectivity index (χ2v) is 12.0. The van der Waals surface area contributed by atoms with E-state index in [1.807, 2.05) is 11.3 Å². The van der Waals surface area contributed by atoms with Gasteiger partial charge in [0.1, 0.15) is 0 Å². The van der Waals surface area contributed by atoms with Gasteiger partial charge in [0.25, 0.3) is 0 Å². The van der Waals surface area contributed by atoms with Crippen molar-refractivity contribution < 1.29 is 0 Å². The average Bonchev–Trinajstić information content (AvgIpc) is 3.54. The van der Waals surface area contributed by atoms with E-state index in [0.717, 1.165) is 0 Å². The summed E-state index contributed by atoms with van der Waals surface area (Å²) in [7, 11) is 0. The minimum atomic E-state index is 1.23. The van der Waals surface area contributed by atoms with Crippen LogP contribution >= 0.6 is 11.3 Å². The van der Waals surface area contributed by atoms with E-state index in [4.69, 9.17) is 0 Å². The van der Waals surface area contributed by atoms with Crippen LogP contribution < -0.4 is 0 Å². The molecule has 184 valence electrons. The molecule has 0 fully saturated rings. The smallest absolute Gasteiger partial charge is 0.0547 e. The van der Waals surface area contributed by atoms with Crippen LogP contribution in [0.4, 0.5) is 0 Å². The molecule has 0 amide bonds. The number of thiophene rings is 1. The van der Waals surface area contributed by atoms with E-state index in [-0.39, 0.29) is 0 Å². The Hall–Kier alpha value is -4.92. The van der Waals surface area contributed by atoms with Gasteiger partial charge in [0, 0.05) is 36.3 Å². The minimum Gasteiger partial charge on any atom is -0.309 e. The average molecular weight is 524 g/mol. The van der Waals surface area contributed by atoms with E-state index in [1.165, 1.54) is 90.8 Å². The third-order valence-electron chi connectivity index (χ3n) is 8.90. The van der Waals surface area contributed by atoms with Gasteiger partial charge < -0.3 is 4.57 Å². The molecule has 0 unspecified atom stereocenters. The van der Waals surface area contributed by atoms with Crippen molar-refractivity contribution in [3.63, 3.8) is 0 Å². The summed E-state index contributed by atoms with van der Waals surface area (Å²) in [4.78, 5) is 0. The van der Waals surface area contributed by atoms with Crippen LogP contribution in [-0.2, 0) is 0 Å². The Kier molecular flexibility index (Phi) is 3.87. The Morgan fingerprint density at radius 3 is 2.00 bits per heavy atom. The van der Waals surface area contributed by atoms with Crippen molar-refractivity contribution in [1.29, 1.82) is 0 Å². The second-order valence-electron chi connectivity index (χ2n) is 10.9. The highest BCUT2D eigenvalue weighted by molar-refractivity contribution is 7.26. The molecule has 2 heteroatoms. The first-order valence-corrected chi connectivity index (χ1v) is 14.6. The van der Waals surface area contributed by atoms with Gasteiger partial charge in [-0.1, -0.05) is 91.0 Å². The maximum atomic E-state index is 2.50. The Labute approximate surface area is 233 Å². The van der Waals surface area contributed by atoms with Crippen molar-refractivity contribution in [1.82, 2.24) is 4.57 Å². The summed E-state index contributed by atoms with van der Waals surface area (Å²) in [5, 5.41) is 15.8. The first-order valence-electron chi connectivity index (χ1n) is 13.8. The second kappa shape index (κ2) is 7.38. The van der Waals surface area contributed by atoms with E-state index in [1.54, 1.807) is 0 Å². The van der Waals surface area contributed by atoms with Crippen LogP contribution in [0.15, 0.2) is 127 Å². The van der Waals surface area contributed by atoms with Gasteiger partial charge in [-0.25, -0.2) is 0 Å². The van der Waals surface area contributed by atoms with Crippen LogP contribution in [0.3, 0.4) is 0 Å². The summed E-state index contributed by atoms with van der Waals surface area (Å²) in [6, 6.07) is 47.5. The maximum absolute atomic E-state index is 2.50. The van der Waals surface area contributed by atoms with Gasteiger partial charge in [-0.2, -0.15) is 0 Å². The van der Waals surface area contributed by atoms with Crippen molar-refractivity contribution in [3.8, 4) is 5.69 Å². The molecule has 0 bridgehead atoms. The van der Waals surface area contributed by atoms with Crippen LogP contribution in [0.5, 0.6) is 0 Å². The summed E-state index contributed by atoms with van der Waals surface area (Å²) in [6.07, 6.45) is 0. The molecule has 40 heavy (non-hydrogen) atoms. The van der Waals surface area contributed by atoms with Gasteiger partial charge in [0.15, 0.2) is 0 Å². The highest BCUT2D eigenvalue weighted by Crippen LogP contribution is 2.43. The highest BCUT2D eigenvalue weighted by atomic mass is 32.1. The molecule has 0 aliphatic heterocycles. The van der Waals surface area contributed by atoms with Gasteiger partial charge in [0.05, 0.1) is 16.7 Å². The number of fused-ring (bicyclic) bond motifs is 8. The minimum absolute atomic E-state index is 1.23. The predicted molar refractivity (Wildman–Crippen MR) is 175 cm³/mol. The molecule has 0 spiro atoms. The molecule has 0 aliphatic rings. The summed E-state index contributed by atoms with van der Waals surface area (Å²) in [6.45, 7) is 0. The van der Waals surface area contributed by atoms with Gasteiger partial charge >= 0.3 is 0 Å². The Morgan fingerprint density at radius 1 is 0.375 bits per heavy atom. The van der Waals surface area contributed by atoms with Crippen LogP contribution in [-0.4, -0.2) is 4.57 Å². The summed E-state index contributed by atoms with van der Waals surface area (Å²) < 4.78 is 5.19. The molecule has 0 atom stereocenters. The SMILES string of the molecule is c1cc2ccc3ccc(-n4c5ccccc5c5cc6ccc7sc8ccccc8c7c6cc54)c4ccc(c1)c2c34. The molecule has 1 nitrogen and oxygen atoms in total. The fourth-order valence-electron chi connectivity index (χ4n) is 7.19. The van der Waals surface area contributed by atoms with Crippen LogP contribution in [0.2, 0.25) is 0 Å². The summed E-state index contributed by atoms with van der Waals surface area (Å²) in [5.41, 5.74) is 3.74. The van der Waals surface area contributed by atoms with Crippen LogP contribution in [0.25, 0.3) is 90.8 Å². The molecular weight excluding hydrogens is 502 g/mol. The van der Waals surface area contributed by atoms with Crippen molar-refractivity contribution >= 4 is 96.4 Å². The standard InChI is InChI=1S/C38H21NS/c1-3-10-31-26(8-1)30-20-25-16-19-35-38(28-9-2-4-11-34(28)40-35)29(25)21-33(30)39(31)32-18-15-24-13-12-22-6-5-7-23-14-17-27(32)37(24)36(22)23/h1-21H. The van der Waals surface area contributed by atoms with Crippen molar-refractivity contribution in [3.05, 3.63) is 127 Å². The van der Waals surface area contributed by atoms with E-state index in [9.17, 15) is 0 Å². The first-order chi connectivity index (χ1) is 19.8. The Balaban J connectivity index is 1.41. The number of hydrogen-bond donors (Lipinski definition) is 0. The maximum Gasteiger partial charge on any atom is 0.0547 e. The lowest BCUT2D eigenvalue weighted by atomic mass is 9.93. The fourth-order valence-corrected chi connectivity index (χ4v) is 8.31. The summed E-state index contributed by atoms with van der Waals surface area (Å²) >= 11 is 1.89. The number of para-hydroxylation sites is 1. The number of hydrogen-bond acceptors (Lipinski definition) is 1. The molecule has 2 heterocycles. The number of rotatable bonds is 1. The van der Waals surface area contributed by atoms with E-state index in [0.29, 0.717) is 0 Å². The van der Waals surface area contributed by atoms with E-state index in [2.05, 4.69) is 132 Å². The number of benzene rings is 8. The quantitative estimate of drug-likeness (QED) is 0.189. The predicted octanol–water partition coefficient (Wildman–Crippen LogP) is 11.2. The lowest BCUT2D eigenvalue weighted by molar-refractivity contribution is 1.20. The van der Waals surface area contributed by atoms with Crippen LogP contribution in [0.1, 0.15) is 0 Å². The van der Waals surface area contributed by atoms with Gasteiger partial charge in [-0.3, -0.25) is 0 Å². The topological polar surface area (TPSA) is 4.93 Å². The van der Waals surface area contributed by atoms with Crippen molar-refractivity contribution in [2.75, 3.05) is 0 Å².